The molecule has 0 bridgehead atoms. The molecular formula is C12H24NO3P. The van der Waals surface area contributed by atoms with E-state index in [9.17, 15) is 0 Å². The van der Waals surface area contributed by atoms with Gasteiger partial charge >= 0.3 is 0 Å². The van der Waals surface area contributed by atoms with E-state index in [-0.39, 0.29) is 0 Å². The van der Waals surface area contributed by atoms with Crippen molar-refractivity contribution in [2.75, 3.05) is 32.7 Å². The highest BCUT2D eigenvalue weighted by Gasteiger charge is 2.09. The predicted octanol–water partition coefficient (Wildman–Crippen LogP) is 3.32. The summed E-state index contributed by atoms with van der Waals surface area (Å²) in [5, 5.41) is 0. The summed E-state index contributed by atoms with van der Waals surface area (Å²) in [6.07, 6.45) is 2.26. The highest BCUT2D eigenvalue weighted by atomic mass is 31.2. The fourth-order valence-corrected chi connectivity index (χ4v) is 2.22. The first-order chi connectivity index (χ1) is 8.15. The van der Waals surface area contributed by atoms with Crippen molar-refractivity contribution in [2.24, 2.45) is 0 Å². The summed E-state index contributed by atoms with van der Waals surface area (Å²) in [6, 6.07) is 0. The van der Waals surface area contributed by atoms with Crippen molar-refractivity contribution in [3.8, 4) is 0 Å². The lowest BCUT2D eigenvalue weighted by Crippen LogP contribution is -2.19. The van der Waals surface area contributed by atoms with Gasteiger partial charge in [0.1, 0.15) is 6.35 Å². The summed E-state index contributed by atoms with van der Waals surface area (Å²) in [7, 11) is -0.900. The topological polar surface area (TPSA) is 30.9 Å². The number of hydrogen-bond donors (Lipinski definition) is 0. The minimum Gasteiger partial charge on any atom is -0.370 e. The first kappa shape index (κ1) is 16.6. The third-order valence-electron chi connectivity index (χ3n) is 1.93. The van der Waals surface area contributed by atoms with Gasteiger partial charge in [0.05, 0.1) is 19.8 Å². The second-order valence-corrected chi connectivity index (χ2v) is 4.76. The summed E-state index contributed by atoms with van der Waals surface area (Å²) in [5.74, 6) is 0. The van der Waals surface area contributed by atoms with Gasteiger partial charge in [0.15, 0.2) is 8.38 Å². The average Bonchev–Trinajstić information content (AvgIpc) is 2.29. The van der Waals surface area contributed by atoms with Crippen LogP contribution in [0.4, 0.5) is 0 Å². The highest BCUT2D eigenvalue weighted by molar-refractivity contribution is 7.47. The molecule has 0 fully saturated rings. The minimum atomic E-state index is -0.900. The van der Waals surface area contributed by atoms with Crippen LogP contribution in [-0.4, -0.2) is 37.6 Å². The Hall–Kier alpha value is -0.410. The summed E-state index contributed by atoms with van der Waals surface area (Å²) in [6.45, 7) is 16.1. The van der Waals surface area contributed by atoms with Crippen LogP contribution in [0.25, 0.3) is 0 Å². The van der Waals surface area contributed by atoms with Crippen molar-refractivity contribution in [1.29, 1.82) is 0 Å². The van der Waals surface area contributed by atoms with Crippen molar-refractivity contribution < 1.29 is 13.8 Å². The standard InChI is InChI=1S/C12H24NO3P/c1-6-13(12(4)5)9-10-14-11-17(15-7-2)16-8-3/h6H,1,4,7-11H2,2-3,5H3. The summed E-state index contributed by atoms with van der Waals surface area (Å²) >= 11 is 0. The number of allylic oxidation sites excluding steroid dienone is 1. The van der Waals surface area contributed by atoms with Gasteiger partial charge in [-0.25, -0.2) is 0 Å². The second kappa shape index (κ2) is 10.7. The SMILES string of the molecule is C=CN(CCOCP(OCC)OCC)C(=C)C. The van der Waals surface area contributed by atoms with Gasteiger partial charge in [0.25, 0.3) is 0 Å². The van der Waals surface area contributed by atoms with Gasteiger partial charge in [-0.15, -0.1) is 0 Å². The molecule has 0 saturated heterocycles. The molecule has 0 unspecified atom stereocenters. The first-order valence-electron chi connectivity index (χ1n) is 5.81. The Morgan fingerprint density at radius 2 is 1.88 bits per heavy atom. The third kappa shape index (κ3) is 8.33. The lowest BCUT2D eigenvalue weighted by molar-refractivity contribution is 0.141. The van der Waals surface area contributed by atoms with Crippen LogP contribution in [0.2, 0.25) is 0 Å². The van der Waals surface area contributed by atoms with Crippen LogP contribution in [-0.2, 0) is 13.8 Å². The van der Waals surface area contributed by atoms with Crippen molar-refractivity contribution >= 4 is 8.38 Å². The van der Waals surface area contributed by atoms with E-state index in [1.54, 1.807) is 6.20 Å². The first-order valence-corrected chi connectivity index (χ1v) is 7.17. The zero-order chi connectivity index (χ0) is 13.1. The molecule has 0 aromatic carbocycles. The highest BCUT2D eigenvalue weighted by Crippen LogP contribution is 2.37. The minimum absolute atomic E-state index is 0.512. The number of hydrogen-bond acceptors (Lipinski definition) is 4. The fourth-order valence-electron chi connectivity index (χ4n) is 1.14. The monoisotopic (exact) mass is 261 g/mol. The molecule has 0 N–H and O–H groups in total. The van der Waals surface area contributed by atoms with Crippen molar-refractivity contribution in [3.05, 3.63) is 25.1 Å². The Balaban J connectivity index is 3.72. The van der Waals surface area contributed by atoms with Gasteiger partial charge in [0, 0.05) is 12.2 Å². The van der Waals surface area contributed by atoms with Crippen LogP contribution in [0.15, 0.2) is 25.1 Å². The van der Waals surface area contributed by atoms with E-state index in [4.69, 9.17) is 13.8 Å². The van der Waals surface area contributed by atoms with Crippen LogP contribution in [0.3, 0.4) is 0 Å². The van der Waals surface area contributed by atoms with Crippen molar-refractivity contribution in [1.82, 2.24) is 4.90 Å². The van der Waals surface area contributed by atoms with Crippen LogP contribution >= 0.6 is 8.38 Å². The van der Waals surface area contributed by atoms with Crippen LogP contribution in [0, 0.1) is 0 Å². The molecule has 4 nitrogen and oxygen atoms in total. The van der Waals surface area contributed by atoms with Crippen LogP contribution in [0.1, 0.15) is 20.8 Å². The van der Waals surface area contributed by atoms with E-state index in [0.29, 0.717) is 26.2 Å². The van der Waals surface area contributed by atoms with Crippen molar-refractivity contribution in [3.63, 3.8) is 0 Å². The number of rotatable bonds is 11. The molecule has 0 aliphatic rings. The maximum absolute atomic E-state index is 5.53. The quantitative estimate of drug-likeness (QED) is 0.421. The molecule has 0 heterocycles. The molecule has 0 aromatic heterocycles. The van der Waals surface area contributed by atoms with Gasteiger partial charge in [-0.05, 0) is 27.0 Å². The molecule has 0 aliphatic heterocycles. The molecule has 0 spiro atoms. The maximum atomic E-state index is 5.53. The molecule has 0 radical (unpaired) electrons. The molecule has 0 saturated carbocycles. The third-order valence-corrected chi connectivity index (χ3v) is 3.42. The molecule has 0 amide bonds. The molecule has 0 aromatic rings. The zero-order valence-electron chi connectivity index (χ0n) is 11.1. The van der Waals surface area contributed by atoms with E-state index < -0.39 is 8.38 Å². The van der Waals surface area contributed by atoms with E-state index in [1.165, 1.54) is 0 Å². The Morgan fingerprint density at radius 1 is 1.29 bits per heavy atom. The van der Waals surface area contributed by atoms with E-state index in [1.807, 2.05) is 25.7 Å². The summed E-state index contributed by atoms with van der Waals surface area (Å²) in [5.41, 5.74) is 0.959. The Bertz CT molecular complexity index is 218. The molecule has 0 rings (SSSR count). The molecule has 0 atom stereocenters. The molecule has 17 heavy (non-hydrogen) atoms. The van der Waals surface area contributed by atoms with Gasteiger partial charge in [0.2, 0.25) is 0 Å². The molecule has 5 heteroatoms. The van der Waals surface area contributed by atoms with Crippen LogP contribution in [0.5, 0.6) is 0 Å². The maximum Gasteiger partial charge on any atom is 0.198 e. The molecule has 100 valence electrons. The average molecular weight is 261 g/mol. The summed E-state index contributed by atoms with van der Waals surface area (Å²) in [4.78, 5) is 1.95. The smallest absolute Gasteiger partial charge is 0.198 e. The van der Waals surface area contributed by atoms with Crippen LogP contribution < -0.4 is 0 Å². The predicted molar refractivity (Wildman–Crippen MR) is 72.7 cm³/mol. The number of ether oxygens (including phenoxy) is 1. The number of nitrogens with zero attached hydrogens (tertiary/aromatic N) is 1. The molecular weight excluding hydrogens is 237 g/mol. The van der Waals surface area contributed by atoms with Gasteiger partial charge in [-0.3, -0.25) is 0 Å². The zero-order valence-corrected chi connectivity index (χ0v) is 12.0. The van der Waals surface area contributed by atoms with Crippen molar-refractivity contribution in [2.45, 2.75) is 20.8 Å². The second-order valence-electron chi connectivity index (χ2n) is 3.32. The lowest BCUT2D eigenvalue weighted by atomic mass is 10.4. The lowest BCUT2D eigenvalue weighted by Gasteiger charge is -2.20. The van der Waals surface area contributed by atoms with Gasteiger partial charge in [-0.2, -0.15) is 0 Å². The molecule has 0 aliphatic carbocycles. The normalized spacial score (nSPS) is 10.6. The Kier molecular flexibility index (Phi) is 10.5. The fraction of sp³-hybridized carbons (Fsp3) is 0.667. The van der Waals surface area contributed by atoms with E-state index >= 15 is 0 Å². The van der Waals surface area contributed by atoms with Gasteiger partial charge < -0.3 is 18.7 Å². The largest absolute Gasteiger partial charge is 0.370 e. The Labute approximate surface area is 106 Å². The van der Waals surface area contributed by atoms with Gasteiger partial charge in [-0.1, -0.05) is 13.2 Å². The Morgan fingerprint density at radius 3 is 2.29 bits per heavy atom. The van der Waals surface area contributed by atoms with E-state index in [0.717, 1.165) is 12.2 Å². The summed E-state index contributed by atoms with van der Waals surface area (Å²) < 4.78 is 16.4. The van der Waals surface area contributed by atoms with E-state index in [2.05, 4.69) is 13.2 Å².